The second kappa shape index (κ2) is 8.64. The van der Waals surface area contributed by atoms with E-state index in [4.69, 9.17) is 4.74 Å². The lowest BCUT2D eigenvalue weighted by atomic mass is 10.1. The summed E-state index contributed by atoms with van der Waals surface area (Å²) in [5.41, 5.74) is 1.33. The first kappa shape index (κ1) is 20.4. The summed E-state index contributed by atoms with van der Waals surface area (Å²) in [4.78, 5) is 26.3. The second-order valence-corrected chi connectivity index (χ2v) is 7.97. The molecule has 0 aliphatic rings. The highest BCUT2D eigenvalue weighted by Gasteiger charge is 2.19. The fraction of sp³-hybridized carbons (Fsp3) is 0.200. The first-order chi connectivity index (χ1) is 12.7. The van der Waals surface area contributed by atoms with Crippen LogP contribution in [-0.4, -0.2) is 39.7 Å². The fourth-order valence-electron chi connectivity index (χ4n) is 2.42. The molecule has 1 amide bonds. The van der Waals surface area contributed by atoms with E-state index in [1.807, 2.05) is 6.07 Å². The number of hydrogen-bond donors (Lipinski definition) is 0. The van der Waals surface area contributed by atoms with Gasteiger partial charge in [-0.15, -0.1) is 6.58 Å². The Kier molecular flexibility index (Phi) is 6.52. The van der Waals surface area contributed by atoms with Crippen LogP contribution in [0, 0.1) is 6.92 Å². The lowest BCUT2D eigenvalue weighted by Gasteiger charge is -2.21. The summed E-state index contributed by atoms with van der Waals surface area (Å²) in [6, 6.07) is 13.2. The van der Waals surface area contributed by atoms with Crippen LogP contribution in [0.4, 0.5) is 5.69 Å². The standard InChI is InChI=1S/C20H21NO5S/c1-4-12-21(16-8-6-5-7-9-16)19(22)14-26-20(23)18-13-17(27(3,24)25)11-10-15(18)2/h4-11,13H,1,12,14H2,2-3H3. The van der Waals surface area contributed by atoms with Gasteiger partial charge in [-0.3, -0.25) is 4.79 Å². The van der Waals surface area contributed by atoms with Gasteiger partial charge in [0.15, 0.2) is 16.4 Å². The van der Waals surface area contributed by atoms with Gasteiger partial charge in [-0.1, -0.05) is 30.3 Å². The Morgan fingerprint density at radius 3 is 2.41 bits per heavy atom. The molecule has 0 aromatic heterocycles. The van der Waals surface area contributed by atoms with Crippen LogP contribution in [0.15, 0.2) is 66.1 Å². The number of para-hydroxylation sites is 1. The van der Waals surface area contributed by atoms with Crippen LogP contribution < -0.4 is 4.90 Å². The highest BCUT2D eigenvalue weighted by molar-refractivity contribution is 7.90. The molecule has 2 aromatic carbocycles. The largest absolute Gasteiger partial charge is 0.452 e. The molecular formula is C20H21NO5S. The number of rotatable bonds is 7. The average molecular weight is 387 g/mol. The minimum atomic E-state index is -3.46. The van der Waals surface area contributed by atoms with E-state index in [-0.39, 0.29) is 17.0 Å². The third-order valence-electron chi connectivity index (χ3n) is 3.86. The number of anilines is 1. The maximum Gasteiger partial charge on any atom is 0.338 e. The van der Waals surface area contributed by atoms with Crippen LogP contribution >= 0.6 is 0 Å². The molecule has 6 nitrogen and oxygen atoms in total. The molecule has 0 saturated carbocycles. The van der Waals surface area contributed by atoms with E-state index in [1.165, 1.54) is 23.1 Å². The van der Waals surface area contributed by atoms with Crippen LogP contribution in [0.25, 0.3) is 0 Å². The predicted octanol–water partition coefficient (Wildman–Crippen LogP) is 2.77. The lowest BCUT2D eigenvalue weighted by Crippen LogP contribution is -2.35. The molecule has 0 unspecified atom stereocenters. The SMILES string of the molecule is C=CCN(C(=O)COC(=O)c1cc(S(C)(=O)=O)ccc1C)c1ccccc1. The quantitative estimate of drug-likeness (QED) is 0.539. The third-order valence-corrected chi connectivity index (χ3v) is 4.97. The van der Waals surface area contributed by atoms with Crippen LogP contribution in [0.1, 0.15) is 15.9 Å². The average Bonchev–Trinajstić information content (AvgIpc) is 2.64. The summed E-state index contributed by atoms with van der Waals surface area (Å²) in [6.45, 7) is 5.10. The van der Waals surface area contributed by atoms with Crippen LogP contribution in [0.3, 0.4) is 0 Å². The monoisotopic (exact) mass is 387 g/mol. The van der Waals surface area contributed by atoms with Crippen LogP contribution in [0.2, 0.25) is 0 Å². The van der Waals surface area contributed by atoms with E-state index in [9.17, 15) is 18.0 Å². The number of esters is 1. The summed E-state index contributed by atoms with van der Waals surface area (Å²) in [7, 11) is -3.46. The Morgan fingerprint density at radius 1 is 1.15 bits per heavy atom. The van der Waals surface area contributed by atoms with Gasteiger partial charge in [0.1, 0.15) is 0 Å². The summed E-state index contributed by atoms with van der Waals surface area (Å²) < 4.78 is 28.5. The third kappa shape index (κ3) is 5.27. The first-order valence-corrected chi connectivity index (χ1v) is 10.1. The van der Waals surface area contributed by atoms with Crippen molar-refractivity contribution in [3.8, 4) is 0 Å². The summed E-state index contributed by atoms with van der Waals surface area (Å²) in [5.74, 6) is -1.16. The zero-order valence-corrected chi connectivity index (χ0v) is 16.0. The summed E-state index contributed by atoms with van der Waals surface area (Å²) >= 11 is 0. The van der Waals surface area contributed by atoms with Crippen molar-refractivity contribution in [2.75, 3.05) is 24.3 Å². The van der Waals surface area contributed by atoms with Crippen LogP contribution in [-0.2, 0) is 19.4 Å². The number of carbonyl (C=O) groups is 2. The Morgan fingerprint density at radius 2 is 1.81 bits per heavy atom. The summed E-state index contributed by atoms with van der Waals surface area (Å²) in [5, 5.41) is 0. The van der Waals surface area contributed by atoms with E-state index >= 15 is 0 Å². The van der Waals surface area contributed by atoms with Crippen molar-refractivity contribution in [3.05, 3.63) is 72.3 Å². The first-order valence-electron chi connectivity index (χ1n) is 8.18. The molecule has 0 radical (unpaired) electrons. The van der Waals surface area contributed by atoms with E-state index in [0.29, 0.717) is 11.3 Å². The highest BCUT2D eigenvalue weighted by Crippen LogP contribution is 2.17. The topological polar surface area (TPSA) is 80.8 Å². The van der Waals surface area contributed by atoms with Crippen molar-refractivity contribution < 1.29 is 22.7 Å². The lowest BCUT2D eigenvalue weighted by molar-refractivity contribution is -0.121. The number of amides is 1. The molecule has 0 aliphatic heterocycles. The summed E-state index contributed by atoms with van der Waals surface area (Å²) in [6.07, 6.45) is 2.63. The van der Waals surface area contributed by atoms with Crippen molar-refractivity contribution in [2.45, 2.75) is 11.8 Å². The second-order valence-electron chi connectivity index (χ2n) is 5.95. The zero-order chi connectivity index (χ0) is 20.0. The van der Waals surface area contributed by atoms with E-state index in [0.717, 1.165) is 6.26 Å². The Balaban J connectivity index is 2.14. The van der Waals surface area contributed by atoms with E-state index in [2.05, 4.69) is 6.58 Å². The molecule has 0 saturated heterocycles. The predicted molar refractivity (Wildman–Crippen MR) is 104 cm³/mol. The zero-order valence-electron chi connectivity index (χ0n) is 15.2. The van der Waals surface area contributed by atoms with Gasteiger partial charge >= 0.3 is 5.97 Å². The van der Waals surface area contributed by atoms with Gasteiger partial charge in [0.05, 0.1) is 10.5 Å². The van der Waals surface area contributed by atoms with Gasteiger partial charge in [-0.25, -0.2) is 13.2 Å². The maximum absolute atomic E-state index is 12.5. The highest BCUT2D eigenvalue weighted by atomic mass is 32.2. The maximum atomic E-state index is 12.5. The number of carbonyl (C=O) groups excluding carboxylic acids is 2. The van der Waals surface area contributed by atoms with E-state index < -0.39 is 28.3 Å². The molecule has 7 heteroatoms. The van der Waals surface area contributed by atoms with Gasteiger partial charge in [0.25, 0.3) is 5.91 Å². The van der Waals surface area contributed by atoms with Crippen molar-refractivity contribution in [3.63, 3.8) is 0 Å². The van der Waals surface area contributed by atoms with Crippen molar-refractivity contribution >= 4 is 27.4 Å². The molecule has 0 N–H and O–H groups in total. The molecule has 0 spiro atoms. The minimum Gasteiger partial charge on any atom is -0.452 e. The van der Waals surface area contributed by atoms with Crippen molar-refractivity contribution in [1.29, 1.82) is 0 Å². The number of hydrogen-bond acceptors (Lipinski definition) is 5. The van der Waals surface area contributed by atoms with Gasteiger partial charge in [0.2, 0.25) is 0 Å². The molecule has 27 heavy (non-hydrogen) atoms. The molecule has 142 valence electrons. The molecule has 2 rings (SSSR count). The number of benzene rings is 2. The molecule has 0 bridgehead atoms. The fourth-order valence-corrected chi connectivity index (χ4v) is 3.07. The normalized spacial score (nSPS) is 10.9. The molecule has 0 fully saturated rings. The minimum absolute atomic E-state index is 0.0175. The Labute approximate surface area is 159 Å². The Bertz CT molecular complexity index is 952. The van der Waals surface area contributed by atoms with Crippen molar-refractivity contribution in [2.24, 2.45) is 0 Å². The number of aryl methyl sites for hydroxylation is 1. The molecule has 0 aliphatic carbocycles. The van der Waals surface area contributed by atoms with Gasteiger partial charge < -0.3 is 9.64 Å². The van der Waals surface area contributed by atoms with Gasteiger partial charge in [-0.05, 0) is 36.8 Å². The molecule has 0 heterocycles. The molecular weight excluding hydrogens is 366 g/mol. The van der Waals surface area contributed by atoms with E-state index in [1.54, 1.807) is 37.3 Å². The Hall–Kier alpha value is -2.93. The number of nitrogens with zero attached hydrogens (tertiary/aromatic N) is 1. The number of sulfone groups is 1. The molecule has 0 atom stereocenters. The molecule has 2 aromatic rings. The van der Waals surface area contributed by atoms with Gasteiger partial charge in [-0.2, -0.15) is 0 Å². The van der Waals surface area contributed by atoms with Gasteiger partial charge in [0, 0.05) is 18.5 Å². The smallest absolute Gasteiger partial charge is 0.338 e. The van der Waals surface area contributed by atoms with Crippen LogP contribution in [0.5, 0.6) is 0 Å². The number of ether oxygens (including phenoxy) is 1. The van der Waals surface area contributed by atoms with Crippen molar-refractivity contribution in [1.82, 2.24) is 0 Å².